The molecule has 1 aromatic carbocycles. The third-order valence-corrected chi connectivity index (χ3v) is 4.52. The maximum atomic E-state index is 9.29. The Balaban J connectivity index is 1.80. The first kappa shape index (κ1) is 16.2. The maximum absolute atomic E-state index is 9.29. The minimum Gasteiger partial charge on any atom is -0.411 e. The largest absolute Gasteiger partial charge is 0.411 e. The molecule has 0 atom stereocenters. The molecule has 3 aromatic rings. The molecule has 0 aliphatic rings. The highest BCUT2D eigenvalue weighted by Crippen LogP contribution is 2.24. The minimum absolute atomic E-state index is 0.509. The lowest BCUT2D eigenvalue weighted by Crippen LogP contribution is -2.06. The van der Waals surface area contributed by atoms with Gasteiger partial charge in [0, 0.05) is 35.8 Å². The zero-order valence-corrected chi connectivity index (χ0v) is 14.0. The van der Waals surface area contributed by atoms with Gasteiger partial charge in [0.15, 0.2) is 11.0 Å². The molecule has 0 aliphatic heterocycles. The molecule has 0 saturated heterocycles. The Morgan fingerprint density at radius 3 is 2.54 bits per heavy atom. The first-order chi connectivity index (χ1) is 11.8. The molecule has 0 aliphatic carbocycles. The van der Waals surface area contributed by atoms with Crippen molar-refractivity contribution in [3.8, 4) is 11.4 Å². The molecule has 0 saturated carbocycles. The number of thioether (sulfide) groups is 1. The first-order valence-corrected chi connectivity index (χ1v) is 8.54. The van der Waals surface area contributed by atoms with Crippen molar-refractivity contribution in [2.24, 2.45) is 5.16 Å². The van der Waals surface area contributed by atoms with E-state index in [1.54, 1.807) is 12.4 Å². The van der Waals surface area contributed by atoms with E-state index < -0.39 is 0 Å². The van der Waals surface area contributed by atoms with Crippen molar-refractivity contribution in [2.75, 3.05) is 5.75 Å². The van der Waals surface area contributed by atoms with Crippen LogP contribution in [0.5, 0.6) is 0 Å². The fraction of sp³-hybridized carbons (Fsp3) is 0.176. The quantitative estimate of drug-likeness (QED) is 0.323. The summed E-state index contributed by atoms with van der Waals surface area (Å²) < 4.78 is 2.04. The van der Waals surface area contributed by atoms with E-state index in [1.807, 2.05) is 47.0 Å². The third-order valence-electron chi connectivity index (χ3n) is 3.54. The van der Waals surface area contributed by atoms with Gasteiger partial charge in [-0.05, 0) is 19.1 Å². The van der Waals surface area contributed by atoms with E-state index >= 15 is 0 Å². The minimum atomic E-state index is 0.509. The number of aromatic nitrogens is 4. The average molecular weight is 339 g/mol. The zero-order valence-electron chi connectivity index (χ0n) is 13.2. The Hall–Kier alpha value is -2.67. The van der Waals surface area contributed by atoms with Crippen LogP contribution in [0.1, 0.15) is 12.5 Å². The van der Waals surface area contributed by atoms with Gasteiger partial charge in [-0.25, -0.2) is 0 Å². The summed E-state index contributed by atoms with van der Waals surface area (Å²) in [5, 5.41) is 22.1. The molecule has 24 heavy (non-hydrogen) atoms. The highest BCUT2D eigenvalue weighted by molar-refractivity contribution is 7.99. The highest BCUT2D eigenvalue weighted by Gasteiger charge is 2.14. The highest BCUT2D eigenvalue weighted by atomic mass is 32.2. The summed E-state index contributed by atoms with van der Waals surface area (Å²) in [6.07, 6.45) is 3.48. The molecule has 2 aromatic heterocycles. The summed E-state index contributed by atoms with van der Waals surface area (Å²) in [5.74, 6) is 1.32. The molecule has 3 rings (SSSR count). The number of hydrogen-bond acceptors (Lipinski definition) is 6. The van der Waals surface area contributed by atoms with Crippen molar-refractivity contribution >= 4 is 17.5 Å². The lowest BCUT2D eigenvalue weighted by atomic mass is 10.1. The molecule has 0 unspecified atom stereocenters. The topological polar surface area (TPSA) is 76.2 Å². The van der Waals surface area contributed by atoms with Crippen LogP contribution in [0.15, 0.2) is 65.2 Å². The Morgan fingerprint density at radius 1 is 1.12 bits per heavy atom. The predicted molar refractivity (Wildman–Crippen MR) is 94.4 cm³/mol. The van der Waals surface area contributed by atoms with E-state index in [-0.39, 0.29) is 0 Å². The van der Waals surface area contributed by atoms with Crippen molar-refractivity contribution in [3.63, 3.8) is 0 Å². The van der Waals surface area contributed by atoms with E-state index in [2.05, 4.69) is 27.3 Å². The van der Waals surface area contributed by atoms with Crippen LogP contribution in [0.2, 0.25) is 0 Å². The fourth-order valence-corrected chi connectivity index (χ4v) is 3.29. The standard InChI is InChI=1S/C17H17N5OS/c1-2-22-16(14-8-10-18-11-9-14)19-20-17(22)24-12-15(21-23)13-6-4-3-5-7-13/h3-11,23H,2,12H2,1H3/b21-15-. The Labute approximate surface area is 144 Å². The second-order valence-corrected chi connectivity index (χ2v) is 5.93. The average Bonchev–Trinajstić information content (AvgIpc) is 3.07. The SMILES string of the molecule is CCn1c(SC/C(=N/O)c2ccccc2)nnc1-c1ccncc1. The molecule has 0 amide bonds. The van der Waals surface area contributed by atoms with Crippen molar-refractivity contribution in [1.82, 2.24) is 19.7 Å². The van der Waals surface area contributed by atoms with Crippen LogP contribution in [0, 0.1) is 0 Å². The van der Waals surface area contributed by atoms with Gasteiger partial charge in [0.1, 0.15) is 0 Å². The zero-order chi connectivity index (χ0) is 16.8. The van der Waals surface area contributed by atoms with Crippen LogP contribution < -0.4 is 0 Å². The Morgan fingerprint density at radius 2 is 1.88 bits per heavy atom. The van der Waals surface area contributed by atoms with Gasteiger partial charge in [-0.1, -0.05) is 47.2 Å². The summed E-state index contributed by atoms with van der Waals surface area (Å²) in [6, 6.07) is 13.4. The molecule has 0 bridgehead atoms. The van der Waals surface area contributed by atoms with Crippen LogP contribution >= 0.6 is 11.8 Å². The first-order valence-electron chi connectivity index (χ1n) is 7.56. The number of oxime groups is 1. The van der Waals surface area contributed by atoms with Crippen LogP contribution in [-0.2, 0) is 6.54 Å². The summed E-state index contributed by atoms with van der Waals surface area (Å²) >= 11 is 1.50. The number of nitrogens with zero attached hydrogens (tertiary/aromatic N) is 5. The van der Waals surface area contributed by atoms with Gasteiger partial charge in [-0.3, -0.25) is 4.98 Å². The summed E-state index contributed by atoms with van der Waals surface area (Å²) in [5.41, 5.74) is 2.48. The van der Waals surface area contributed by atoms with E-state index in [1.165, 1.54) is 11.8 Å². The van der Waals surface area contributed by atoms with Crippen LogP contribution in [0.25, 0.3) is 11.4 Å². The molecule has 0 spiro atoms. The molecular formula is C17H17N5OS. The lowest BCUT2D eigenvalue weighted by Gasteiger charge is -2.08. The van der Waals surface area contributed by atoms with Crippen molar-refractivity contribution < 1.29 is 5.21 Å². The van der Waals surface area contributed by atoms with Gasteiger partial charge in [0.25, 0.3) is 0 Å². The second kappa shape index (κ2) is 7.74. The molecular weight excluding hydrogens is 322 g/mol. The van der Waals surface area contributed by atoms with Crippen molar-refractivity contribution in [1.29, 1.82) is 0 Å². The molecule has 122 valence electrons. The van der Waals surface area contributed by atoms with Crippen molar-refractivity contribution in [3.05, 3.63) is 60.4 Å². The van der Waals surface area contributed by atoms with Crippen LogP contribution in [0.4, 0.5) is 0 Å². The smallest absolute Gasteiger partial charge is 0.191 e. The fourth-order valence-electron chi connectivity index (χ4n) is 2.33. The molecule has 7 heteroatoms. The monoisotopic (exact) mass is 339 g/mol. The molecule has 0 radical (unpaired) electrons. The van der Waals surface area contributed by atoms with E-state index in [4.69, 9.17) is 0 Å². The number of rotatable bonds is 6. The molecule has 6 nitrogen and oxygen atoms in total. The van der Waals surface area contributed by atoms with Gasteiger partial charge in [-0.2, -0.15) is 0 Å². The molecule has 2 heterocycles. The van der Waals surface area contributed by atoms with Crippen molar-refractivity contribution in [2.45, 2.75) is 18.6 Å². The Kier molecular flexibility index (Phi) is 5.22. The lowest BCUT2D eigenvalue weighted by molar-refractivity contribution is 0.319. The summed E-state index contributed by atoms with van der Waals surface area (Å²) in [4.78, 5) is 4.03. The maximum Gasteiger partial charge on any atom is 0.191 e. The van der Waals surface area contributed by atoms with Gasteiger partial charge in [-0.15, -0.1) is 10.2 Å². The van der Waals surface area contributed by atoms with Gasteiger partial charge >= 0.3 is 0 Å². The van der Waals surface area contributed by atoms with Gasteiger partial charge in [0.2, 0.25) is 0 Å². The predicted octanol–water partition coefficient (Wildman–Crippen LogP) is 3.33. The number of benzene rings is 1. The number of hydrogen-bond donors (Lipinski definition) is 1. The number of pyridine rings is 1. The summed E-state index contributed by atoms with van der Waals surface area (Å²) in [6.45, 7) is 2.81. The van der Waals surface area contributed by atoms with Crippen LogP contribution in [-0.4, -0.2) is 36.4 Å². The molecule has 0 fully saturated rings. The van der Waals surface area contributed by atoms with Gasteiger partial charge in [0.05, 0.1) is 5.71 Å². The summed E-state index contributed by atoms with van der Waals surface area (Å²) in [7, 11) is 0. The molecule has 1 N–H and O–H groups in total. The van der Waals surface area contributed by atoms with E-state index in [0.29, 0.717) is 11.5 Å². The second-order valence-electron chi connectivity index (χ2n) is 4.99. The third kappa shape index (κ3) is 3.46. The van der Waals surface area contributed by atoms with E-state index in [0.717, 1.165) is 28.7 Å². The Bertz CT molecular complexity index is 818. The normalized spacial score (nSPS) is 11.6. The van der Waals surface area contributed by atoms with E-state index in [9.17, 15) is 5.21 Å². The van der Waals surface area contributed by atoms with Gasteiger partial charge < -0.3 is 9.77 Å². The van der Waals surface area contributed by atoms with Crippen LogP contribution in [0.3, 0.4) is 0 Å².